The second kappa shape index (κ2) is 7.27. The zero-order valence-electron chi connectivity index (χ0n) is 15.3. The number of carboxylic acids is 1. The van der Waals surface area contributed by atoms with Gasteiger partial charge in [-0.15, -0.1) is 11.3 Å². The van der Waals surface area contributed by atoms with Gasteiger partial charge < -0.3 is 5.11 Å². The molecule has 1 aliphatic rings. The number of hydrogen-bond donors (Lipinski definition) is 1. The Bertz CT molecular complexity index is 1050. The first-order valence-corrected chi connectivity index (χ1v) is 10.1. The Balaban J connectivity index is 1.86. The van der Waals surface area contributed by atoms with E-state index in [0.29, 0.717) is 23.5 Å². The van der Waals surface area contributed by atoms with Crippen LogP contribution in [0.3, 0.4) is 0 Å². The lowest BCUT2D eigenvalue weighted by Gasteiger charge is -2.17. The van der Waals surface area contributed by atoms with Crippen LogP contribution in [0.15, 0.2) is 35.1 Å². The number of aliphatic carboxylic acids is 1. The van der Waals surface area contributed by atoms with Crippen molar-refractivity contribution in [3.63, 3.8) is 0 Å². The molecule has 5 nitrogen and oxygen atoms in total. The average molecular weight is 382 g/mol. The van der Waals surface area contributed by atoms with Crippen molar-refractivity contribution in [1.29, 1.82) is 0 Å². The summed E-state index contributed by atoms with van der Waals surface area (Å²) in [6, 6.07) is 9.86. The van der Waals surface area contributed by atoms with Crippen LogP contribution in [0.5, 0.6) is 0 Å². The maximum atomic E-state index is 13.3. The van der Waals surface area contributed by atoms with Gasteiger partial charge in [-0.3, -0.25) is 14.2 Å². The standard InChI is InChI=1S/C21H22N2O3S/c1-13-7-8-15-16(11-13)27-20-19(15)21(26)23(10-9-18(24)25)17(22-20)12-14-5-3-2-4-6-14/h2-6,13H,7-12H2,1H3,(H,24,25). The summed E-state index contributed by atoms with van der Waals surface area (Å²) >= 11 is 1.63. The molecule has 140 valence electrons. The molecule has 6 heteroatoms. The van der Waals surface area contributed by atoms with Gasteiger partial charge in [0.1, 0.15) is 10.7 Å². The third-order valence-electron chi connectivity index (χ3n) is 5.25. The molecule has 2 heterocycles. The predicted octanol–water partition coefficient (Wildman–Crippen LogP) is 3.65. The van der Waals surface area contributed by atoms with Gasteiger partial charge in [-0.05, 0) is 36.3 Å². The quantitative estimate of drug-likeness (QED) is 0.731. The molecule has 2 aromatic heterocycles. The molecule has 1 aliphatic carbocycles. The fourth-order valence-electron chi connectivity index (χ4n) is 3.82. The van der Waals surface area contributed by atoms with Crippen LogP contribution in [0.2, 0.25) is 0 Å². The van der Waals surface area contributed by atoms with Crippen LogP contribution in [0.25, 0.3) is 10.2 Å². The van der Waals surface area contributed by atoms with Crippen LogP contribution in [0, 0.1) is 5.92 Å². The molecule has 0 spiro atoms. The molecule has 1 atom stereocenters. The smallest absolute Gasteiger partial charge is 0.305 e. The summed E-state index contributed by atoms with van der Waals surface area (Å²) in [6.45, 7) is 2.40. The van der Waals surface area contributed by atoms with Crippen LogP contribution in [0.4, 0.5) is 0 Å². The van der Waals surface area contributed by atoms with Gasteiger partial charge in [0.25, 0.3) is 5.56 Å². The van der Waals surface area contributed by atoms with Crippen LogP contribution in [-0.2, 0) is 30.6 Å². The van der Waals surface area contributed by atoms with Crippen molar-refractivity contribution < 1.29 is 9.90 Å². The summed E-state index contributed by atoms with van der Waals surface area (Å²) in [5.74, 6) is 0.365. The zero-order valence-corrected chi connectivity index (χ0v) is 16.1. The molecule has 1 aromatic carbocycles. The van der Waals surface area contributed by atoms with Crippen LogP contribution in [-0.4, -0.2) is 20.6 Å². The summed E-state index contributed by atoms with van der Waals surface area (Å²) in [6.07, 6.45) is 3.42. The molecule has 4 rings (SSSR count). The maximum absolute atomic E-state index is 13.3. The van der Waals surface area contributed by atoms with Crippen molar-refractivity contribution in [1.82, 2.24) is 9.55 Å². The summed E-state index contributed by atoms with van der Waals surface area (Å²) in [7, 11) is 0. The van der Waals surface area contributed by atoms with Gasteiger partial charge in [-0.1, -0.05) is 37.3 Å². The number of carboxylic acid groups (broad SMARTS) is 1. The molecule has 0 aliphatic heterocycles. The molecule has 0 radical (unpaired) electrons. The molecule has 0 bridgehead atoms. The van der Waals surface area contributed by atoms with Gasteiger partial charge in [0.05, 0.1) is 11.8 Å². The molecule has 0 saturated heterocycles. The Hall–Kier alpha value is -2.47. The minimum atomic E-state index is -0.908. The van der Waals surface area contributed by atoms with Crippen molar-refractivity contribution in [3.05, 3.63) is 62.5 Å². The number of thiophene rings is 1. The lowest BCUT2D eigenvalue weighted by molar-refractivity contribution is -0.137. The van der Waals surface area contributed by atoms with Crippen molar-refractivity contribution in [2.45, 2.75) is 45.6 Å². The fourth-order valence-corrected chi connectivity index (χ4v) is 5.21. The molecule has 27 heavy (non-hydrogen) atoms. The average Bonchev–Trinajstić information content (AvgIpc) is 2.99. The largest absolute Gasteiger partial charge is 0.481 e. The fraction of sp³-hybridized carbons (Fsp3) is 0.381. The van der Waals surface area contributed by atoms with Crippen molar-refractivity contribution >= 4 is 27.5 Å². The molecule has 0 amide bonds. The van der Waals surface area contributed by atoms with Gasteiger partial charge in [-0.25, -0.2) is 4.98 Å². The van der Waals surface area contributed by atoms with Crippen LogP contribution in [0.1, 0.15) is 41.6 Å². The van der Waals surface area contributed by atoms with E-state index in [-0.39, 0.29) is 18.5 Å². The van der Waals surface area contributed by atoms with E-state index in [1.165, 1.54) is 4.88 Å². The molecular formula is C21H22N2O3S. The molecule has 1 unspecified atom stereocenters. The van der Waals surface area contributed by atoms with E-state index >= 15 is 0 Å². The van der Waals surface area contributed by atoms with E-state index in [9.17, 15) is 9.59 Å². The van der Waals surface area contributed by atoms with Gasteiger partial charge in [0.15, 0.2) is 0 Å². The van der Waals surface area contributed by atoms with Gasteiger partial charge in [0.2, 0.25) is 0 Å². The summed E-state index contributed by atoms with van der Waals surface area (Å²) < 4.78 is 1.58. The van der Waals surface area contributed by atoms with E-state index in [4.69, 9.17) is 10.1 Å². The van der Waals surface area contributed by atoms with E-state index < -0.39 is 5.97 Å². The number of hydrogen-bond acceptors (Lipinski definition) is 4. The molecular weight excluding hydrogens is 360 g/mol. The maximum Gasteiger partial charge on any atom is 0.305 e. The number of fused-ring (bicyclic) bond motifs is 3. The third-order valence-corrected chi connectivity index (χ3v) is 6.40. The van der Waals surface area contributed by atoms with E-state index in [1.54, 1.807) is 15.9 Å². The molecule has 3 aromatic rings. The Morgan fingerprint density at radius 3 is 2.85 bits per heavy atom. The highest BCUT2D eigenvalue weighted by Gasteiger charge is 2.24. The summed E-state index contributed by atoms with van der Waals surface area (Å²) in [4.78, 5) is 31.3. The molecule has 1 N–H and O–H groups in total. The SMILES string of the molecule is CC1CCc2c(sc3nc(Cc4ccccc4)n(CCC(=O)O)c(=O)c23)C1. The van der Waals surface area contributed by atoms with Gasteiger partial charge in [0, 0.05) is 17.8 Å². The number of rotatable bonds is 5. The summed E-state index contributed by atoms with van der Waals surface area (Å²) in [5, 5.41) is 9.82. The Morgan fingerprint density at radius 2 is 2.11 bits per heavy atom. The number of carbonyl (C=O) groups is 1. The van der Waals surface area contributed by atoms with Gasteiger partial charge >= 0.3 is 5.97 Å². The second-order valence-corrected chi connectivity index (χ2v) is 8.41. The minimum absolute atomic E-state index is 0.0840. The van der Waals surface area contributed by atoms with Crippen molar-refractivity contribution in [2.24, 2.45) is 5.92 Å². The predicted molar refractivity (Wildman–Crippen MR) is 107 cm³/mol. The van der Waals surface area contributed by atoms with E-state index in [2.05, 4.69) is 6.92 Å². The highest BCUT2D eigenvalue weighted by Crippen LogP contribution is 2.36. The summed E-state index contributed by atoms with van der Waals surface area (Å²) in [5.41, 5.74) is 2.11. The Kier molecular flexibility index (Phi) is 4.83. The highest BCUT2D eigenvalue weighted by atomic mass is 32.1. The topological polar surface area (TPSA) is 72.2 Å². The zero-order chi connectivity index (χ0) is 19.0. The second-order valence-electron chi connectivity index (χ2n) is 7.32. The number of nitrogens with zero attached hydrogens (tertiary/aromatic N) is 2. The number of benzene rings is 1. The first-order chi connectivity index (χ1) is 13.0. The van der Waals surface area contributed by atoms with Crippen molar-refractivity contribution in [3.8, 4) is 0 Å². The molecule has 0 fully saturated rings. The Morgan fingerprint density at radius 1 is 1.33 bits per heavy atom. The third kappa shape index (κ3) is 3.54. The lowest BCUT2D eigenvalue weighted by atomic mass is 9.89. The van der Waals surface area contributed by atoms with Gasteiger partial charge in [-0.2, -0.15) is 0 Å². The normalized spacial score (nSPS) is 16.4. The number of aromatic nitrogens is 2. The number of aryl methyl sites for hydroxylation is 1. The highest BCUT2D eigenvalue weighted by molar-refractivity contribution is 7.18. The first kappa shape index (κ1) is 17.9. The van der Waals surface area contributed by atoms with E-state index in [1.807, 2.05) is 30.3 Å². The molecule has 0 saturated carbocycles. The Labute approximate surface area is 161 Å². The van der Waals surface area contributed by atoms with Crippen LogP contribution >= 0.6 is 11.3 Å². The van der Waals surface area contributed by atoms with Crippen molar-refractivity contribution in [2.75, 3.05) is 0 Å². The minimum Gasteiger partial charge on any atom is -0.481 e. The first-order valence-electron chi connectivity index (χ1n) is 9.32. The monoisotopic (exact) mass is 382 g/mol. The van der Waals surface area contributed by atoms with E-state index in [0.717, 1.165) is 35.2 Å². The van der Waals surface area contributed by atoms with Crippen LogP contribution < -0.4 is 5.56 Å². The lowest BCUT2D eigenvalue weighted by Crippen LogP contribution is -2.27.